The molecule has 5 heteroatoms. The lowest BCUT2D eigenvalue weighted by atomic mass is 10.1. The van der Waals surface area contributed by atoms with Crippen LogP contribution in [0.15, 0.2) is 36.4 Å². The average molecular weight is 291 g/mol. The van der Waals surface area contributed by atoms with Crippen LogP contribution in [0.3, 0.4) is 0 Å². The second-order valence-corrected chi connectivity index (χ2v) is 4.78. The number of para-hydroxylation sites is 1. The Bertz CT molecular complexity index is 646. The molecule has 3 rings (SSSR count). The molecule has 1 aliphatic rings. The number of fused-ring (bicyclic) bond motifs is 1. The highest BCUT2D eigenvalue weighted by Crippen LogP contribution is 2.33. The van der Waals surface area contributed by atoms with Gasteiger partial charge >= 0.3 is 0 Å². The molecule has 0 saturated carbocycles. The van der Waals surface area contributed by atoms with Gasteiger partial charge in [0, 0.05) is 24.2 Å². The van der Waals surface area contributed by atoms with E-state index in [-0.39, 0.29) is 6.54 Å². The lowest BCUT2D eigenvalue weighted by Crippen LogP contribution is -2.19. The summed E-state index contributed by atoms with van der Waals surface area (Å²) in [6.45, 7) is 1.79. The number of hydrogen-bond acceptors (Lipinski definition) is 3. The van der Waals surface area contributed by atoms with E-state index in [1.54, 1.807) is 0 Å². The number of benzene rings is 2. The molecule has 1 heterocycles. The first kappa shape index (κ1) is 13.8. The van der Waals surface area contributed by atoms with Crippen LogP contribution < -0.4 is 14.8 Å². The third kappa shape index (κ3) is 3.13. The molecule has 0 unspecified atom stereocenters. The minimum absolute atomic E-state index is 0.244. The Labute approximate surface area is 121 Å². The summed E-state index contributed by atoms with van der Waals surface area (Å²) in [5.41, 5.74) is 1.24. The van der Waals surface area contributed by atoms with Crippen molar-refractivity contribution in [2.24, 2.45) is 0 Å². The molecule has 0 amide bonds. The van der Waals surface area contributed by atoms with Crippen LogP contribution in [0.4, 0.5) is 8.78 Å². The molecule has 3 nitrogen and oxygen atoms in total. The van der Waals surface area contributed by atoms with E-state index < -0.39 is 11.6 Å². The predicted molar refractivity (Wildman–Crippen MR) is 74.3 cm³/mol. The average Bonchev–Trinajstić information content (AvgIpc) is 2.51. The van der Waals surface area contributed by atoms with Crippen LogP contribution in [0.25, 0.3) is 0 Å². The lowest BCUT2D eigenvalue weighted by molar-refractivity contribution is 0.169. The molecule has 0 bridgehead atoms. The number of hydrogen-bond donors (Lipinski definition) is 1. The normalized spacial score (nSPS) is 13.2. The van der Waals surface area contributed by atoms with Crippen molar-refractivity contribution in [3.05, 3.63) is 59.2 Å². The maximum Gasteiger partial charge on any atom is 0.165 e. The van der Waals surface area contributed by atoms with Gasteiger partial charge < -0.3 is 14.8 Å². The SMILES string of the molecule is Fc1ccc(F)c(CNCc2cccc3c2OCCO3)c1. The van der Waals surface area contributed by atoms with Crippen molar-refractivity contribution >= 4 is 0 Å². The maximum atomic E-state index is 13.5. The van der Waals surface area contributed by atoms with E-state index in [1.165, 1.54) is 6.07 Å². The molecule has 0 fully saturated rings. The van der Waals surface area contributed by atoms with Gasteiger partial charge in [-0.05, 0) is 24.3 Å². The van der Waals surface area contributed by atoms with Gasteiger partial charge in [-0.1, -0.05) is 12.1 Å². The van der Waals surface area contributed by atoms with Crippen molar-refractivity contribution in [2.45, 2.75) is 13.1 Å². The van der Waals surface area contributed by atoms with E-state index >= 15 is 0 Å². The molecular formula is C16H15F2NO2. The Hall–Kier alpha value is -2.14. The smallest absolute Gasteiger partial charge is 0.165 e. The van der Waals surface area contributed by atoms with Crippen molar-refractivity contribution in [3.8, 4) is 11.5 Å². The largest absolute Gasteiger partial charge is 0.486 e. The van der Waals surface area contributed by atoms with Gasteiger partial charge in [-0.15, -0.1) is 0 Å². The standard InChI is InChI=1S/C16H15F2NO2/c17-13-4-5-14(18)12(8-13)10-19-9-11-2-1-3-15-16(11)21-7-6-20-15/h1-5,8,19H,6-7,9-10H2. The van der Waals surface area contributed by atoms with Crippen LogP contribution in [-0.2, 0) is 13.1 Å². The summed E-state index contributed by atoms with van der Waals surface area (Å²) in [5, 5.41) is 3.09. The highest BCUT2D eigenvalue weighted by atomic mass is 19.1. The zero-order valence-electron chi connectivity index (χ0n) is 11.4. The first-order chi connectivity index (χ1) is 10.2. The monoisotopic (exact) mass is 291 g/mol. The van der Waals surface area contributed by atoms with Crippen molar-refractivity contribution in [2.75, 3.05) is 13.2 Å². The fraction of sp³-hybridized carbons (Fsp3) is 0.250. The van der Waals surface area contributed by atoms with E-state index in [0.717, 1.165) is 29.2 Å². The van der Waals surface area contributed by atoms with Crippen LogP contribution in [0.1, 0.15) is 11.1 Å². The quantitative estimate of drug-likeness (QED) is 0.939. The number of rotatable bonds is 4. The zero-order chi connectivity index (χ0) is 14.7. The third-order valence-electron chi connectivity index (χ3n) is 3.29. The van der Waals surface area contributed by atoms with Gasteiger partial charge in [0.2, 0.25) is 0 Å². The Morgan fingerprint density at radius 3 is 2.67 bits per heavy atom. The van der Waals surface area contributed by atoms with E-state index in [4.69, 9.17) is 9.47 Å². The highest BCUT2D eigenvalue weighted by Gasteiger charge is 2.15. The van der Waals surface area contributed by atoms with Crippen molar-refractivity contribution in [1.29, 1.82) is 0 Å². The van der Waals surface area contributed by atoms with Crippen LogP contribution in [-0.4, -0.2) is 13.2 Å². The summed E-state index contributed by atoms with van der Waals surface area (Å²) >= 11 is 0. The molecule has 0 saturated heterocycles. The van der Waals surface area contributed by atoms with Gasteiger partial charge in [-0.2, -0.15) is 0 Å². The Morgan fingerprint density at radius 1 is 0.952 bits per heavy atom. The van der Waals surface area contributed by atoms with Crippen molar-refractivity contribution in [3.63, 3.8) is 0 Å². The van der Waals surface area contributed by atoms with Gasteiger partial charge in [-0.3, -0.25) is 0 Å². The second-order valence-electron chi connectivity index (χ2n) is 4.78. The zero-order valence-corrected chi connectivity index (χ0v) is 11.4. The van der Waals surface area contributed by atoms with Gasteiger partial charge in [0.25, 0.3) is 0 Å². The van der Waals surface area contributed by atoms with Crippen LogP contribution in [0, 0.1) is 11.6 Å². The fourth-order valence-corrected chi connectivity index (χ4v) is 2.28. The fourth-order valence-electron chi connectivity index (χ4n) is 2.28. The summed E-state index contributed by atoms with van der Waals surface area (Å²) < 4.78 is 37.7. The van der Waals surface area contributed by atoms with Crippen LogP contribution >= 0.6 is 0 Å². The van der Waals surface area contributed by atoms with Gasteiger partial charge in [0.15, 0.2) is 11.5 Å². The summed E-state index contributed by atoms with van der Waals surface area (Å²) in [7, 11) is 0. The van der Waals surface area contributed by atoms with E-state index in [9.17, 15) is 8.78 Å². The maximum absolute atomic E-state index is 13.5. The van der Waals surface area contributed by atoms with Crippen LogP contribution in [0.5, 0.6) is 11.5 Å². The minimum Gasteiger partial charge on any atom is -0.486 e. The number of nitrogens with one attached hydrogen (secondary N) is 1. The topological polar surface area (TPSA) is 30.5 Å². The summed E-state index contributed by atoms with van der Waals surface area (Å²) in [6.07, 6.45) is 0. The molecule has 0 aromatic heterocycles. The summed E-state index contributed by atoms with van der Waals surface area (Å²) in [4.78, 5) is 0. The van der Waals surface area contributed by atoms with E-state index in [2.05, 4.69) is 5.32 Å². The molecule has 0 aliphatic carbocycles. The molecule has 21 heavy (non-hydrogen) atoms. The van der Waals surface area contributed by atoms with Crippen LogP contribution in [0.2, 0.25) is 0 Å². The first-order valence-electron chi connectivity index (χ1n) is 6.76. The van der Waals surface area contributed by atoms with E-state index in [0.29, 0.717) is 25.3 Å². The molecule has 2 aromatic carbocycles. The third-order valence-corrected chi connectivity index (χ3v) is 3.29. The number of ether oxygens (including phenoxy) is 2. The van der Waals surface area contributed by atoms with E-state index in [1.807, 2.05) is 18.2 Å². The Morgan fingerprint density at radius 2 is 1.76 bits per heavy atom. The van der Waals surface area contributed by atoms with Gasteiger partial charge in [0.1, 0.15) is 24.8 Å². The predicted octanol–water partition coefficient (Wildman–Crippen LogP) is 3.03. The first-order valence-corrected chi connectivity index (χ1v) is 6.76. The molecule has 0 radical (unpaired) electrons. The van der Waals surface area contributed by atoms with Gasteiger partial charge in [0.05, 0.1) is 0 Å². The summed E-state index contributed by atoms with van der Waals surface area (Å²) in [6, 6.07) is 9.09. The molecule has 1 aliphatic heterocycles. The summed E-state index contributed by atoms with van der Waals surface area (Å²) in [5.74, 6) is 0.578. The lowest BCUT2D eigenvalue weighted by Gasteiger charge is -2.21. The second kappa shape index (κ2) is 6.10. The molecule has 0 atom stereocenters. The van der Waals surface area contributed by atoms with Crippen molar-refractivity contribution < 1.29 is 18.3 Å². The Balaban J connectivity index is 1.67. The Kier molecular flexibility index (Phi) is 4.01. The molecule has 2 aromatic rings. The minimum atomic E-state index is -0.443. The molecule has 110 valence electrons. The number of halogens is 2. The van der Waals surface area contributed by atoms with Crippen molar-refractivity contribution in [1.82, 2.24) is 5.32 Å². The molecule has 1 N–H and O–H groups in total. The molecular weight excluding hydrogens is 276 g/mol. The molecule has 0 spiro atoms. The highest BCUT2D eigenvalue weighted by molar-refractivity contribution is 5.47. The van der Waals surface area contributed by atoms with Gasteiger partial charge in [-0.25, -0.2) is 8.78 Å².